The average molecular weight is 297 g/mol. The molecule has 1 aromatic rings. The van der Waals surface area contributed by atoms with Gasteiger partial charge < -0.3 is 14.5 Å². The molecule has 0 N–H and O–H groups in total. The maximum Gasteiger partial charge on any atom is 0.150 e. The molecule has 1 saturated heterocycles. The number of likely N-dealkylation sites (N-methyl/N-ethyl adjacent to an activating group) is 1. The Morgan fingerprint density at radius 2 is 2.05 bits per heavy atom. The minimum atomic E-state index is 0.495. The van der Waals surface area contributed by atoms with E-state index in [2.05, 4.69) is 16.8 Å². The quantitative estimate of drug-likeness (QED) is 0.595. The van der Waals surface area contributed by atoms with Crippen molar-refractivity contribution < 1.29 is 9.53 Å². The van der Waals surface area contributed by atoms with Gasteiger partial charge in [-0.3, -0.25) is 4.79 Å². The Balaban J connectivity index is 1.69. The molecule has 0 amide bonds. The van der Waals surface area contributed by atoms with Crippen LogP contribution in [0.5, 0.6) is 5.75 Å². The smallest absolute Gasteiger partial charge is 0.150 e. The summed E-state index contributed by atoms with van der Waals surface area (Å²) in [5.41, 5.74) is 0.569. The number of hydrogen-bond acceptors (Lipinski definition) is 4. The molecular formula is C15H21ClN2O2. The predicted molar refractivity (Wildman–Crippen MR) is 80.9 cm³/mol. The standard InChI is InChI=1S/C15H21ClN2O2/c1-17-6-8-18(9-7-17)5-2-10-20-15-4-3-13(12-19)11-14(15)16/h3-4,11-12H,2,5-10H2,1H3. The van der Waals surface area contributed by atoms with Crippen molar-refractivity contribution in [1.29, 1.82) is 0 Å². The van der Waals surface area contributed by atoms with Gasteiger partial charge in [0.1, 0.15) is 12.0 Å². The largest absolute Gasteiger partial charge is 0.492 e. The lowest BCUT2D eigenvalue weighted by atomic mass is 10.2. The minimum Gasteiger partial charge on any atom is -0.492 e. The summed E-state index contributed by atoms with van der Waals surface area (Å²) in [5.74, 6) is 0.649. The number of halogens is 1. The SMILES string of the molecule is CN1CCN(CCCOc2ccc(C=O)cc2Cl)CC1. The van der Waals surface area contributed by atoms with Crippen LogP contribution in [0.3, 0.4) is 0 Å². The normalized spacial score (nSPS) is 17.1. The lowest BCUT2D eigenvalue weighted by Gasteiger charge is -2.32. The van der Waals surface area contributed by atoms with Gasteiger partial charge in [-0.1, -0.05) is 11.6 Å². The first-order valence-electron chi connectivity index (χ1n) is 6.97. The van der Waals surface area contributed by atoms with Crippen LogP contribution in [-0.2, 0) is 0 Å². The fourth-order valence-electron chi connectivity index (χ4n) is 2.25. The molecule has 4 nitrogen and oxygen atoms in total. The van der Waals surface area contributed by atoms with Gasteiger partial charge in [-0.15, -0.1) is 0 Å². The Labute approximate surface area is 125 Å². The second kappa shape index (κ2) is 7.62. The molecule has 1 aromatic carbocycles. The molecule has 1 fully saturated rings. The fourth-order valence-corrected chi connectivity index (χ4v) is 2.49. The summed E-state index contributed by atoms with van der Waals surface area (Å²) in [6.07, 6.45) is 1.76. The van der Waals surface area contributed by atoms with Crippen molar-refractivity contribution in [3.63, 3.8) is 0 Å². The summed E-state index contributed by atoms with van der Waals surface area (Å²) in [6.45, 7) is 6.24. The number of ether oxygens (including phenoxy) is 1. The maximum absolute atomic E-state index is 10.6. The number of carbonyl (C=O) groups excluding carboxylic acids is 1. The predicted octanol–water partition coefficient (Wildman–Crippen LogP) is 2.17. The molecule has 1 aliphatic rings. The lowest BCUT2D eigenvalue weighted by molar-refractivity contribution is 0.112. The van der Waals surface area contributed by atoms with Gasteiger partial charge in [0.2, 0.25) is 0 Å². The van der Waals surface area contributed by atoms with Gasteiger partial charge in [-0.2, -0.15) is 0 Å². The van der Waals surface area contributed by atoms with E-state index in [1.807, 2.05) is 0 Å². The highest BCUT2D eigenvalue weighted by molar-refractivity contribution is 6.32. The van der Waals surface area contributed by atoms with E-state index >= 15 is 0 Å². The first kappa shape index (κ1) is 15.3. The van der Waals surface area contributed by atoms with Crippen molar-refractivity contribution in [1.82, 2.24) is 9.80 Å². The first-order chi connectivity index (χ1) is 9.69. The Morgan fingerprint density at radius 1 is 1.30 bits per heavy atom. The van der Waals surface area contributed by atoms with Crippen LogP contribution in [0.2, 0.25) is 5.02 Å². The number of hydrogen-bond donors (Lipinski definition) is 0. The molecule has 2 rings (SSSR count). The molecule has 0 bridgehead atoms. The van der Waals surface area contributed by atoms with E-state index in [0.717, 1.165) is 45.4 Å². The number of aldehydes is 1. The molecule has 0 aromatic heterocycles. The third-order valence-corrected chi connectivity index (χ3v) is 3.86. The molecule has 1 heterocycles. The summed E-state index contributed by atoms with van der Waals surface area (Å²) in [6, 6.07) is 5.10. The molecule has 0 radical (unpaired) electrons. The van der Waals surface area contributed by atoms with Crippen LogP contribution in [0.1, 0.15) is 16.8 Å². The monoisotopic (exact) mass is 296 g/mol. The second-order valence-electron chi connectivity index (χ2n) is 5.15. The van der Waals surface area contributed by atoms with Gasteiger partial charge in [-0.05, 0) is 31.7 Å². The molecule has 5 heteroatoms. The first-order valence-corrected chi connectivity index (χ1v) is 7.35. The maximum atomic E-state index is 10.6. The molecule has 0 unspecified atom stereocenters. The molecule has 0 spiro atoms. The fraction of sp³-hybridized carbons (Fsp3) is 0.533. The highest BCUT2D eigenvalue weighted by Gasteiger charge is 2.12. The van der Waals surface area contributed by atoms with Crippen LogP contribution in [0.4, 0.5) is 0 Å². The van der Waals surface area contributed by atoms with Crippen molar-refractivity contribution in [3.05, 3.63) is 28.8 Å². The van der Waals surface area contributed by atoms with Gasteiger partial charge in [0.15, 0.2) is 0 Å². The summed E-state index contributed by atoms with van der Waals surface area (Å²) in [5, 5.41) is 0.495. The zero-order chi connectivity index (χ0) is 14.4. The van der Waals surface area contributed by atoms with Crippen molar-refractivity contribution in [2.75, 3.05) is 46.4 Å². The van der Waals surface area contributed by atoms with Gasteiger partial charge in [0.25, 0.3) is 0 Å². The van der Waals surface area contributed by atoms with Crippen molar-refractivity contribution in [3.8, 4) is 5.75 Å². The number of benzene rings is 1. The van der Waals surface area contributed by atoms with E-state index in [-0.39, 0.29) is 0 Å². The summed E-state index contributed by atoms with van der Waals surface area (Å²) >= 11 is 6.05. The van der Waals surface area contributed by atoms with Crippen LogP contribution < -0.4 is 4.74 Å². The zero-order valence-electron chi connectivity index (χ0n) is 11.8. The van der Waals surface area contributed by atoms with Crippen molar-refractivity contribution in [2.24, 2.45) is 0 Å². The minimum absolute atomic E-state index is 0.495. The van der Waals surface area contributed by atoms with E-state index < -0.39 is 0 Å². The van der Waals surface area contributed by atoms with Crippen molar-refractivity contribution >= 4 is 17.9 Å². The highest BCUT2D eigenvalue weighted by atomic mass is 35.5. The molecule has 0 atom stereocenters. The lowest BCUT2D eigenvalue weighted by Crippen LogP contribution is -2.44. The van der Waals surface area contributed by atoms with Crippen LogP contribution in [0.25, 0.3) is 0 Å². The molecule has 1 aliphatic heterocycles. The highest BCUT2D eigenvalue weighted by Crippen LogP contribution is 2.24. The summed E-state index contributed by atoms with van der Waals surface area (Å²) in [4.78, 5) is 15.4. The number of rotatable bonds is 6. The Bertz CT molecular complexity index is 445. The van der Waals surface area contributed by atoms with Gasteiger partial charge in [0, 0.05) is 38.3 Å². The topological polar surface area (TPSA) is 32.8 Å². The third kappa shape index (κ3) is 4.47. The zero-order valence-corrected chi connectivity index (χ0v) is 12.6. The number of piperazine rings is 1. The van der Waals surface area contributed by atoms with E-state index in [9.17, 15) is 4.79 Å². The molecular weight excluding hydrogens is 276 g/mol. The number of carbonyl (C=O) groups is 1. The molecule has 110 valence electrons. The molecule has 0 aliphatic carbocycles. The summed E-state index contributed by atoms with van der Waals surface area (Å²) < 4.78 is 5.66. The van der Waals surface area contributed by atoms with Crippen LogP contribution in [0.15, 0.2) is 18.2 Å². The Hall–Kier alpha value is -1.10. The van der Waals surface area contributed by atoms with E-state index in [0.29, 0.717) is 22.9 Å². The molecule has 20 heavy (non-hydrogen) atoms. The summed E-state index contributed by atoms with van der Waals surface area (Å²) in [7, 11) is 2.16. The van der Waals surface area contributed by atoms with Crippen LogP contribution >= 0.6 is 11.6 Å². The van der Waals surface area contributed by atoms with Crippen molar-refractivity contribution in [2.45, 2.75) is 6.42 Å². The van der Waals surface area contributed by atoms with Gasteiger partial charge >= 0.3 is 0 Å². The van der Waals surface area contributed by atoms with Gasteiger partial charge in [0.05, 0.1) is 11.6 Å². The van der Waals surface area contributed by atoms with E-state index in [1.54, 1.807) is 18.2 Å². The number of nitrogens with zero attached hydrogens (tertiary/aromatic N) is 2. The van der Waals surface area contributed by atoms with Gasteiger partial charge in [-0.25, -0.2) is 0 Å². The second-order valence-corrected chi connectivity index (χ2v) is 5.56. The Morgan fingerprint density at radius 3 is 2.70 bits per heavy atom. The van der Waals surface area contributed by atoms with Crippen LogP contribution in [-0.4, -0.2) is 62.5 Å². The van der Waals surface area contributed by atoms with E-state index in [4.69, 9.17) is 16.3 Å². The molecule has 0 saturated carbocycles. The Kier molecular flexibility index (Phi) is 5.83. The average Bonchev–Trinajstić information content (AvgIpc) is 2.46. The van der Waals surface area contributed by atoms with E-state index in [1.165, 1.54) is 0 Å². The van der Waals surface area contributed by atoms with Crippen LogP contribution in [0, 0.1) is 0 Å². The third-order valence-electron chi connectivity index (χ3n) is 3.56.